The van der Waals surface area contributed by atoms with E-state index in [0.717, 1.165) is 44.6 Å². The lowest BCUT2D eigenvalue weighted by atomic mass is 10.1. The van der Waals surface area contributed by atoms with Gasteiger partial charge in [0, 0.05) is 13.2 Å². The van der Waals surface area contributed by atoms with Crippen LogP contribution in [0.4, 0.5) is 0 Å². The predicted molar refractivity (Wildman–Crippen MR) is 76.0 cm³/mol. The van der Waals surface area contributed by atoms with Crippen molar-refractivity contribution < 1.29 is 9.47 Å². The van der Waals surface area contributed by atoms with Gasteiger partial charge in [0.25, 0.3) is 0 Å². The van der Waals surface area contributed by atoms with Crippen LogP contribution in [0.3, 0.4) is 0 Å². The Bertz CT molecular complexity index is 292. The van der Waals surface area contributed by atoms with Crippen LogP contribution in [0.1, 0.15) is 37.7 Å². The van der Waals surface area contributed by atoms with E-state index in [0.29, 0.717) is 0 Å². The Labute approximate surface area is 111 Å². The molecule has 0 aromatic heterocycles. The van der Waals surface area contributed by atoms with Gasteiger partial charge in [0.15, 0.2) is 0 Å². The average Bonchev–Trinajstić information content (AvgIpc) is 2.42. The molecule has 1 rings (SSSR count). The van der Waals surface area contributed by atoms with Crippen molar-refractivity contribution in [1.29, 1.82) is 0 Å². The molecule has 101 valence electrons. The number of methoxy groups -OCH3 is 1. The summed E-state index contributed by atoms with van der Waals surface area (Å²) in [6, 6.07) is 8.30. The van der Waals surface area contributed by atoms with Crippen molar-refractivity contribution in [1.82, 2.24) is 0 Å². The van der Waals surface area contributed by atoms with Crippen molar-refractivity contribution in [2.45, 2.75) is 38.5 Å². The van der Waals surface area contributed by atoms with Crippen molar-refractivity contribution in [3.63, 3.8) is 0 Å². The zero-order valence-electron chi connectivity index (χ0n) is 11.5. The first-order chi connectivity index (χ1) is 8.86. The van der Waals surface area contributed by atoms with Gasteiger partial charge in [-0.2, -0.15) is 0 Å². The highest BCUT2D eigenvalue weighted by Crippen LogP contribution is 2.13. The molecule has 0 heterocycles. The molecule has 0 bridgehead atoms. The minimum Gasteiger partial charge on any atom is -0.497 e. The summed E-state index contributed by atoms with van der Waals surface area (Å²) in [6.45, 7) is 5.58. The van der Waals surface area contributed by atoms with Crippen LogP contribution in [-0.4, -0.2) is 20.3 Å². The van der Waals surface area contributed by atoms with Gasteiger partial charge in [-0.1, -0.05) is 31.9 Å². The predicted octanol–water partition coefficient (Wildman–Crippen LogP) is 4.04. The van der Waals surface area contributed by atoms with Crippen molar-refractivity contribution in [3.05, 3.63) is 36.8 Å². The fourth-order valence-corrected chi connectivity index (χ4v) is 1.81. The summed E-state index contributed by atoms with van der Waals surface area (Å²) in [5, 5.41) is 0. The monoisotopic (exact) mass is 249 g/mol. The molecule has 2 nitrogen and oxygen atoms in total. The molecule has 1 aromatic carbocycles. The van der Waals surface area contributed by atoms with Gasteiger partial charge in [-0.25, -0.2) is 0 Å². The maximum absolute atomic E-state index is 5.56. The Morgan fingerprint density at radius 3 is 2.22 bits per heavy atom. The van der Waals surface area contributed by atoms with Crippen molar-refractivity contribution >= 4 is 0 Å². The summed E-state index contributed by atoms with van der Waals surface area (Å²) in [5.74, 6) is 0.924. The van der Waals surface area contributed by atoms with Crippen LogP contribution in [0.25, 0.3) is 0 Å². The molecule has 0 unspecified atom stereocenters. The summed E-state index contributed by atoms with van der Waals surface area (Å²) in [4.78, 5) is 0. The number of hydrogen-bond acceptors (Lipinski definition) is 2. The highest BCUT2D eigenvalue weighted by atomic mass is 16.5. The molecule has 0 saturated carbocycles. The molecule has 0 aliphatic heterocycles. The standard InChI is InChI=1S/C16H25O2/c1-3-4-6-13-18-14-7-5-8-15-9-11-16(17-2)12-10-15/h9-12H,1,3-8,13-14H2,2H3. The van der Waals surface area contributed by atoms with Gasteiger partial charge in [0.1, 0.15) is 5.75 Å². The molecule has 2 heteroatoms. The first-order valence-corrected chi connectivity index (χ1v) is 6.86. The molecule has 1 radical (unpaired) electrons. The lowest BCUT2D eigenvalue weighted by molar-refractivity contribution is 0.127. The van der Waals surface area contributed by atoms with E-state index in [9.17, 15) is 0 Å². The lowest BCUT2D eigenvalue weighted by Crippen LogP contribution is -1.98. The zero-order chi connectivity index (χ0) is 13.1. The third-order valence-electron chi connectivity index (χ3n) is 2.95. The molecule has 0 aliphatic carbocycles. The van der Waals surface area contributed by atoms with Crippen LogP contribution in [0, 0.1) is 6.92 Å². The Morgan fingerprint density at radius 2 is 1.61 bits per heavy atom. The first-order valence-electron chi connectivity index (χ1n) is 6.86. The number of ether oxygens (including phenoxy) is 2. The van der Waals surface area contributed by atoms with Crippen LogP contribution in [0.15, 0.2) is 24.3 Å². The summed E-state index contributed by atoms with van der Waals surface area (Å²) >= 11 is 0. The Balaban J connectivity index is 2.00. The molecular weight excluding hydrogens is 224 g/mol. The third-order valence-corrected chi connectivity index (χ3v) is 2.95. The number of aryl methyl sites for hydroxylation is 1. The second-order valence-corrected chi connectivity index (χ2v) is 4.48. The number of benzene rings is 1. The molecule has 0 amide bonds. The summed E-state index contributed by atoms with van der Waals surface area (Å²) in [5.41, 5.74) is 1.37. The van der Waals surface area contributed by atoms with Crippen LogP contribution >= 0.6 is 0 Å². The highest BCUT2D eigenvalue weighted by Gasteiger charge is 1.95. The summed E-state index contributed by atoms with van der Waals surface area (Å²) in [7, 11) is 1.70. The van der Waals surface area contributed by atoms with Crippen LogP contribution in [0.2, 0.25) is 0 Å². The van der Waals surface area contributed by atoms with Crippen molar-refractivity contribution in [2.24, 2.45) is 0 Å². The van der Waals surface area contributed by atoms with Crippen LogP contribution in [-0.2, 0) is 11.2 Å². The molecule has 18 heavy (non-hydrogen) atoms. The summed E-state index contributed by atoms with van der Waals surface area (Å²) < 4.78 is 10.7. The van der Waals surface area contributed by atoms with Gasteiger partial charge >= 0.3 is 0 Å². The van der Waals surface area contributed by atoms with Gasteiger partial charge in [0.2, 0.25) is 0 Å². The van der Waals surface area contributed by atoms with Crippen LogP contribution < -0.4 is 4.74 Å². The average molecular weight is 249 g/mol. The molecule has 0 N–H and O–H groups in total. The van der Waals surface area contributed by atoms with Gasteiger partial charge in [0.05, 0.1) is 7.11 Å². The van der Waals surface area contributed by atoms with E-state index in [1.165, 1.54) is 18.4 Å². The Kier molecular flexibility index (Phi) is 8.32. The van der Waals surface area contributed by atoms with Gasteiger partial charge in [-0.3, -0.25) is 0 Å². The zero-order valence-corrected chi connectivity index (χ0v) is 11.5. The SMILES string of the molecule is [CH2]CCCCOCCCCc1ccc(OC)cc1. The molecule has 0 spiro atoms. The minimum atomic E-state index is 0.882. The lowest BCUT2D eigenvalue weighted by Gasteiger charge is -2.05. The topological polar surface area (TPSA) is 18.5 Å². The number of rotatable bonds is 10. The van der Waals surface area contributed by atoms with E-state index in [4.69, 9.17) is 9.47 Å². The van der Waals surface area contributed by atoms with Gasteiger partial charge in [-0.05, 0) is 43.4 Å². The second-order valence-electron chi connectivity index (χ2n) is 4.48. The Morgan fingerprint density at radius 1 is 0.944 bits per heavy atom. The minimum absolute atomic E-state index is 0.882. The molecule has 0 fully saturated rings. The largest absolute Gasteiger partial charge is 0.497 e. The van der Waals surface area contributed by atoms with E-state index < -0.39 is 0 Å². The van der Waals surface area contributed by atoms with Crippen molar-refractivity contribution in [3.8, 4) is 5.75 Å². The molecule has 0 aliphatic rings. The van der Waals surface area contributed by atoms with E-state index in [1.54, 1.807) is 7.11 Å². The molecule has 0 saturated heterocycles. The van der Waals surface area contributed by atoms with Crippen molar-refractivity contribution in [2.75, 3.05) is 20.3 Å². The quantitative estimate of drug-likeness (QED) is 0.583. The molecule has 1 aromatic rings. The van der Waals surface area contributed by atoms with E-state index >= 15 is 0 Å². The summed E-state index contributed by atoms with van der Waals surface area (Å²) in [6.07, 6.45) is 6.76. The Hall–Kier alpha value is -1.02. The number of unbranched alkanes of at least 4 members (excludes halogenated alkanes) is 3. The normalized spacial score (nSPS) is 10.6. The fraction of sp³-hybridized carbons (Fsp3) is 0.562. The smallest absolute Gasteiger partial charge is 0.118 e. The first kappa shape index (κ1) is 15.0. The second kappa shape index (κ2) is 9.95. The third kappa shape index (κ3) is 6.65. The maximum atomic E-state index is 5.56. The molecular formula is C16H25O2. The van der Waals surface area contributed by atoms with E-state index in [1.807, 2.05) is 12.1 Å². The highest BCUT2D eigenvalue weighted by molar-refractivity contribution is 5.27. The van der Waals surface area contributed by atoms with Gasteiger partial charge in [-0.15, -0.1) is 0 Å². The van der Waals surface area contributed by atoms with Crippen LogP contribution in [0.5, 0.6) is 5.75 Å². The fourth-order valence-electron chi connectivity index (χ4n) is 1.81. The van der Waals surface area contributed by atoms with E-state index in [-0.39, 0.29) is 0 Å². The molecule has 0 atom stereocenters. The van der Waals surface area contributed by atoms with E-state index in [2.05, 4.69) is 19.1 Å². The van der Waals surface area contributed by atoms with Gasteiger partial charge < -0.3 is 9.47 Å². The number of hydrogen-bond donors (Lipinski definition) is 0. The maximum Gasteiger partial charge on any atom is 0.118 e.